The zero-order valence-corrected chi connectivity index (χ0v) is 16.6. The molecule has 0 bridgehead atoms. The van der Waals surface area contributed by atoms with E-state index in [-0.39, 0.29) is 5.91 Å². The molecule has 0 saturated heterocycles. The van der Waals surface area contributed by atoms with Crippen molar-refractivity contribution in [3.05, 3.63) is 55.0 Å². The monoisotopic (exact) mass is 389 g/mol. The van der Waals surface area contributed by atoms with Crippen LogP contribution in [0.3, 0.4) is 0 Å². The first-order valence-corrected chi connectivity index (χ1v) is 9.98. The van der Waals surface area contributed by atoms with Gasteiger partial charge in [0.25, 0.3) is 0 Å². The predicted octanol–water partition coefficient (Wildman–Crippen LogP) is 4.38. The molecule has 140 valence electrons. The summed E-state index contributed by atoms with van der Waals surface area (Å²) in [5.74, 6) is 0.377. The maximum Gasteiger partial charge on any atom is 0.222 e. The Morgan fingerprint density at radius 1 is 1.14 bits per heavy atom. The van der Waals surface area contributed by atoms with Crippen molar-refractivity contribution in [1.29, 1.82) is 0 Å². The smallest absolute Gasteiger partial charge is 0.222 e. The molecule has 0 saturated carbocycles. The lowest BCUT2D eigenvalue weighted by molar-refractivity contribution is -0.114. The predicted molar refractivity (Wildman–Crippen MR) is 113 cm³/mol. The lowest BCUT2D eigenvalue weighted by Crippen LogP contribution is -2.07. The Morgan fingerprint density at radius 2 is 2.00 bits per heavy atom. The molecule has 0 fully saturated rings. The first-order chi connectivity index (χ1) is 13.5. The second-order valence-electron chi connectivity index (χ2n) is 6.42. The Morgan fingerprint density at radius 3 is 2.71 bits per heavy atom. The standard InChI is InChI=1S/C21H19N5OS/c1-13(27)24-20-10-15-16(12-26(2)19(15)11-23-20)18-8-14(9-21(25-18)28-3)17-6-4-5-7-22-17/h4-12H,1-3H3,(H,23,24,27). The molecule has 0 aromatic carbocycles. The van der Waals surface area contributed by atoms with Crippen LogP contribution in [0.4, 0.5) is 5.82 Å². The molecule has 4 aromatic heterocycles. The Bertz CT molecular complexity index is 1170. The van der Waals surface area contributed by atoms with Gasteiger partial charge in [0, 0.05) is 42.9 Å². The van der Waals surface area contributed by atoms with Crippen LogP contribution in [0.2, 0.25) is 0 Å². The van der Waals surface area contributed by atoms with Crippen LogP contribution >= 0.6 is 11.8 Å². The van der Waals surface area contributed by atoms with Gasteiger partial charge >= 0.3 is 0 Å². The number of pyridine rings is 3. The third-order valence-electron chi connectivity index (χ3n) is 4.43. The van der Waals surface area contributed by atoms with Crippen molar-refractivity contribution in [2.24, 2.45) is 7.05 Å². The lowest BCUT2D eigenvalue weighted by atomic mass is 10.1. The summed E-state index contributed by atoms with van der Waals surface area (Å²) in [4.78, 5) is 25.0. The first kappa shape index (κ1) is 18.2. The average molecular weight is 389 g/mol. The van der Waals surface area contributed by atoms with Crippen molar-refractivity contribution >= 4 is 34.4 Å². The molecule has 6 nitrogen and oxygen atoms in total. The molecular formula is C21H19N5OS. The fraction of sp³-hybridized carbons (Fsp3) is 0.143. The maximum atomic E-state index is 11.4. The van der Waals surface area contributed by atoms with E-state index in [9.17, 15) is 4.79 Å². The summed E-state index contributed by atoms with van der Waals surface area (Å²) in [7, 11) is 1.98. The second-order valence-corrected chi connectivity index (χ2v) is 7.25. The van der Waals surface area contributed by atoms with E-state index in [1.54, 1.807) is 24.2 Å². The van der Waals surface area contributed by atoms with Crippen molar-refractivity contribution < 1.29 is 4.79 Å². The Kier molecular flexibility index (Phi) is 4.83. The van der Waals surface area contributed by atoms with Crippen LogP contribution in [0.15, 0.2) is 60.0 Å². The van der Waals surface area contributed by atoms with Crippen LogP contribution < -0.4 is 5.32 Å². The highest BCUT2D eigenvalue weighted by Gasteiger charge is 2.14. The van der Waals surface area contributed by atoms with Crippen LogP contribution in [0.1, 0.15) is 6.92 Å². The highest BCUT2D eigenvalue weighted by molar-refractivity contribution is 7.98. The van der Waals surface area contributed by atoms with Crippen molar-refractivity contribution in [3.63, 3.8) is 0 Å². The molecule has 7 heteroatoms. The number of carbonyl (C=O) groups excluding carboxylic acids is 1. The van der Waals surface area contributed by atoms with Crippen LogP contribution in [0.5, 0.6) is 0 Å². The minimum Gasteiger partial charge on any atom is -0.349 e. The summed E-state index contributed by atoms with van der Waals surface area (Å²) in [6, 6.07) is 11.9. The molecule has 0 radical (unpaired) electrons. The molecule has 0 aliphatic rings. The lowest BCUT2D eigenvalue weighted by Gasteiger charge is -2.08. The minimum absolute atomic E-state index is 0.149. The molecule has 28 heavy (non-hydrogen) atoms. The van der Waals surface area contributed by atoms with Gasteiger partial charge in [-0.3, -0.25) is 9.78 Å². The quantitative estimate of drug-likeness (QED) is 0.525. The minimum atomic E-state index is -0.149. The Balaban J connectivity index is 1.90. The van der Waals surface area contributed by atoms with Crippen LogP contribution in [0, 0.1) is 0 Å². The molecule has 0 atom stereocenters. The topological polar surface area (TPSA) is 72.7 Å². The summed E-state index contributed by atoms with van der Waals surface area (Å²) in [5.41, 5.74) is 4.74. The van der Waals surface area contributed by atoms with Crippen molar-refractivity contribution in [2.75, 3.05) is 11.6 Å². The first-order valence-electron chi connectivity index (χ1n) is 8.75. The van der Waals surface area contributed by atoms with Crippen LogP contribution in [-0.4, -0.2) is 31.7 Å². The van der Waals surface area contributed by atoms with Gasteiger partial charge in [-0.15, -0.1) is 11.8 Å². The van der Waals surface area contributed by atoms with E-state index in [1.165, 1.54) is 6.92 Å². The SMILES string of the molecule is CSc1cc(-c2ccccn2)cc(-c2cn(C)c3cnc(NC(C)=O)cc23)n1. The fourth-order valence-corrected chi connectivity index (χ4v) is 3.59. The average Bonchev–Trinajstić information content (AvgIpc) is 3.04. The van der Waals surface area contributed by atoms with Gasteiger partial charge in [0.1, 0.15) is 5.82 Å². The van der Waals surface area contributed by atoms with E-state index in [2.05, 4.69) is 21.4 Å². The van der Waals surface area contributed by atoms with E-state index < -0.39 is 0 Å². The number of hydrogen-bond donors (Lipinski definition) is 1. The highest BCUT2D eigenvalue weighted by atomic mass is 32.2. The van der Waals surface area contributed by atoms with E-state index >= 15 is 0 Å². The molecule has 4 heterocycles. The van der Waals surface area contributed by atoms with Crippen molar-refractivity contribution in [3.8, 4) is 22.5 Å². The number of thioether (sulfide) groups is 1. The molecule has 4 aromatic rings. The van der Waals surface area contributed by atoms with Gasteiger partial charge in [-0.25, -0.2) is 9.97 Å². The van der Waals surface area contributed by atoms with Crippen molar-refractivity contribution in [2.45, 2.75) is 11.9 Å². The molecule has 1 amide bonds. The number of nitrogens with zero attached hydrogens (tertiary/aromatic N) is 4. The van der Waals surface area contributed by atoms with E-state index in [1.807, 2.05) is 54.4 Å². The number of aromatic nitrogens is 4. The van der Waals surface area contributed by atoms with E-state index in [0.717, 1.165) is 38.4 Å². The number of aryl methyl sites for hydroxylation is 1. The van der Waals surface area contributed by atoms with Crippen molar-refractivity contribution in [1.82, 2.24) is 19.5 Å². The molecule has 4 rings (SSSR count). The third-order valence-corrected chi connectivity index (χ3v) is 5.05. The van der Waals surface area contributed by atoms with Gasteiger partial charge in [-0.1, -0.05) is 6.07 Å². The number of anilines is 1. The Hall–Kier alpha value is -3.19. The summed E-state index contributed by atoms with van der Waals surface area (Å²) in [6.45, 7) is 1.47. The van der Waals surface area contributed by atoms with Gasteiger partial charge < -0.3 is 9.88 Å². The third kappa shape index (κ3) is 3.48. The summed E-state index contributed by atoms with van der Waals surface area (Å²) < 4.78 is 2.02. The number of hydrogen-bond acceptors (Lipinski definition) is 5. The zero-order chi connectivity index (χ0) is 19.7. The highest BCUT2D eigenvalue weighted by Crippen LogP contribution is 2.33. The molecule has 0 unspecified atom stereocenters. The molecule has 0 spiro atoms. The zero-order valence-electron chi connectivity index (χ0n) is 15.8. The van der Waals surface area contributed by atoms with Gasteiger partial charge in [0.05, 0.1) is 28.1 Å². The number of fused-ring (bicyclic) bond motifs is 1. The summed E-state index contributed by atoms with van der Waals surface area (Å²) in [5, 5.41) is 4.66. The Labute approximate surface area is 167 Å². The maximum absolute atomic E-state index is 11.4. The fourth-order valence-electron chi connectivity index (χ4n) is 3.16. The molecular weight excluding hydrogens is 370 g/mol. The summed E-state index contributed by atoms with van der Waals surface area (Å²) in [6.07, 6.45) is 7.61. The number of carbonyl (C=O) groups is 1. The second kappa shape index (κ2) is 7.44. The van der Waals surface area contributed by atoms with E-state index in [0.29, 0.717) is 5.82 Å². The normalized spacial score (nSPS) is 11.0. The van der Waals surface area contributed by atoms with Gasteiger partial charge in [-0.2, -0.15) is 0 Å². The van der Waals surface area contributed by atoms with E-state index in [4.69, 9.17) is 4.98 Å². The number of amides is 1. The largest absolute Gasteiger partial charge is 0.349 e. The van der Waals surface area contributed by atoms with Gasteiger partial charge in [0.15, 0.2) is 0 Å². The molecule has 1 N–H and O–H groups in total. The number of nitrogens with one attached hydrogen (secondary N) is 1. The van der Waals surface area contributed by atoms with Crippen LogP contribution in [0.25, 0.3) is 33.4 Å². The van der Waals surface area contributed by atoms with Gasteiger partial charge in [0.2, 0.25) is 5.91 Å². The summed E-state index contributed by atoms with van der Waals surface area (Å²) >= 11 is 1.60. The number of rotatable bonds is 4. The molecule has 0 aliphatic heterocycles. The van der Waals surface area contributed by atoms with Gasteiger partial charge in [-0.05, 0) is 36.6 Å². The van der Waals surface area contributed by atoms with Crippen LogP contribution in [-0.2, 0) is 11.8 Å². The molecule has 0 aliphatic carbocycles.